The number of aromatic nitrogens is 1. The highest BCUT2D eigenvalue weighted by Crippen LogP contribution is 2.28. The predicted octanol–water partition coefficient (Wildman–Crippen LogP) is 3.65. The van der Waals surface area contributed by atoms with E-state index in [-0.39, 0.29) is 5.78 Å². The highest BCUT2D eigenvalue weighted by atomic mass is 35.5. The summed E-state index contributed by atoms with van der Waals surface area (Å²) in [5, 5.41) is 1.32. The minimum absolute atomic E-state index is 0.0990. The van der Waals surface area contributed by atoms with E-state index in [9.17, 15) is 4.79 Å². The van der Waals surface area contributed by atoms with Crippen molar-refractivity contribution in [1.82, 2.24) is 4.98 Å². The van der Waals surface area contributed by atoms with Crippen LogP contribution in [0.25, 0.3) is 10.9 Å². The van der Waals surface area contributed by atoms with E-state index in [0.29, 0.717) is 16.1 Å². The quantitative estimate of drug-likeness (QED) is 0.701. The molecule has 3 aromatic rings. The van der Waals surface area contributed by atoms with Gasteiger partial charge in [0.15, 0.2) is 5.78 Å². The maximum atomic E-state index is 12.2. The number of hydrogen-bond donors (Lipinski definition) is 1. The Morgan fingerprint density at radius 1 is 1.29 bits per heavy atom. The van der Waals surface area contributed by atoms with Crippen LogP contribution in [0.3, 0.4) is 0 Å². The lowest BCUT2D eigenvalue weighted by Gasteiger charge is -1.98. The van der Waals surface area contributed by atoms with Crippen LogP contribution in [0, 0.1) is 0 Å². The number of ketones is 1. The van der Waals surface area contributed by atoms with Gasteiger partial charge < -0.3 is 9.40 Å². The SMILES string of the molecule is O=C(c1ccoc1)c1c[nH]c2cccc(Cl)c12. The molecule has 84 valence electrons. The first-order chi connectivity index (χ1) is 8.27. The standard InChI is InChI=1S/C13H8ClNO2/c14-10-2-1-3-11-12(10)9(6-15-11)13(16)8-4-5-17-7-8/h1-7,15H. The van der Waals surface area contributed by atoms with E-state index in [4.69, 9.17) is 16.0 Å². The largest absolute Gasteiger partial charge is 0.472 e. The Hall–Kier alpha value is -2.00. The molecule has 0 bridgehead atoms. The van der Waals surface area contributed by atoms with Gasteiger partial charge in [0.1, 0.15) is 6.26 Å². The third-order valence-corrected chi connectivity index (χ3v) is 3.00. The second-order valence-electron chi connectivity index (χ2n) is 3.71. The van der Waals surface area contributed by atoms with Gasteiger partial charge >= 0.3 is 0 Å². The van der Waals surface area contributed by atoms with Gasteiger partial charge in [-0.1, -0.05) is 17.7 Å². The third kappa shape index (κ3) is 1.56. The van der Waals surface area contributed by atoms with Gasteiger partial charge in [-0.2, -0.15) is 0 Å². The maximum Gasteiger partial charge on any atom is 0.198 e. The second-order valence-corrected chi connectivity index (χ2v) is 4.11. The van der Waals surface area contributed by atoms with Gasteiger partial charge in [0.05, 0.1) is 16.8 Å². The fraction of sp³-hybridized carbons (Fsp3) is 0. The topological polar surface area (TPSA) is 46.0 Å². The summed E-state index contributed by atoms with van der Waals surface area (Å²) in [5.74, 6) is -0.0990. The molecule has 0 atom stereocenters. The molecule has 0 radical (unpaired) electrons. The molecule has 0 aliphatic rings. The van der Waals surface area contributed by atoms with Crippen molar-refractivity contribution >= 4 is 28.3 Å². The summed E-state index contributed by atoms with van der Waals surface area (Å²) in [6, 6.07) is 7.13. The molecule has 0 fully saturated rings. The smallest absolute Gasteiger partial charge is 0.198 e. The molecule has 0 amide bonds. The third-order valence-electron chi connectivity index (χ3n) is 2.68. The minimum atomic E-state index is -0.0990. The molecule has 4 heteroatoms. The molecule has 0 saturated carbocycles. The molecule has 0 unspecified atom stereocenters. The highest BCUT2D eigenvalue weighted by molar-refractivity contribution is 6.37. The summed E-state index contributed by atoms with van der Waals surface area (Å²) in [4.78, 5) is 15.2. The van der Waals surface area contributed by atoms with Crippen LogP contribution < -0.4 is 0 Å². The van der Waals surface area contributed by atoms with Crippen molar-refractivity contribution in [2.75, 3.05) is 0 Å². The van der Waals surface area contributed by atoms with Gasteiger partial charge in [0.2, 0.25) is 0 Å². The number of carbonyl (C=O) groups excluding carboxylic acids is 1. The molecule has 2 aromatic heterocycles. The number of halogens is 1. The summed E-state index contributed by atoms with van der Waals surface area (Å²) in [6.45, 7) is 0. The van der Waals surface area contributed by atoms with Crippen molar-refractivity contribution in [1.29, 1.82) is 0 Å². The van der Waals surface area contributed by atoms with Crippen molar-refractivity contribution in [2.24, 2.45) is 0 Å². The lowest BCUT2D eigenvalue weighted by Crippen LogP contribution is -1.98. The normalized spacial score (nSPS) is 10.9. The molecule has 17 heavy (non-hydrogen) atoms. The van der Waals surface area contributed by atoms with Crippen molar-refractivity contribution in [3.05, 3.63) is 59.1 Å². The van der Waals surface area contributed by atoms with Gasteiger partial charge in [-0.05, 0) is 18.2 Å². The first-order valence-electron chi connectivity index (χ1n) is 5.10. The summed E-state index contributed by atoms with van der Waals surface area (Å²) in [6.07, 6.45) is 4.58. The molecular formula is C13H8ClNO2. The van der Waals surface area contributed by atoms with E-state index >= 15 is 0 Å². The number of nitrogens with one attached hydrogen (secondary N) is 1. The average Bonchev–Trinajstić information content (AvgIpc) is 2.98. The average molecular weight is 246 g/mol. The summed E-state index contributed by atoms with van der Waals surface area (Å²) >= 11 is 6.11. The van der Waals surface area contributed by atoms with Gasteiger partial charge in [-0.3, -0.25) is 4.79 Å². The number of furan rings is 1. The fourth-order valence-electron chi connectivity index (χ4n) is 1.87. The van der Waals surface area contributed by atoms with Crippen molar-refractivity contribution in [2.45, 2.75) is 0 Å². The maximum absolute atomic E-state index is 12.2. The lowest BCUT2D eigenvalue weighted by atomic mass is 10.1. The van der Waals surface area contributed by atoms with E-state index in [1.54, 1.807) is 18.3 Å². The molecule has 0 aliphatic carbocycles. The van der Waals surface area contributed by atoms with Gasteiger partial charge in [0.25, 0.3) is 0 Å². The van der Waals surface area contributed by atoms with Crippen molar-refractivity contribution in [3.63, 3.8) is 0 Å². The van der Waals surface area contributed by atoms with Crippen LogP contribution in [-0.2, 0) is 0 Å². The Morgan fingerprint density at radius 2 is 2.18 bits per heavy atom. The molecule has 3 nitrogen and oxygen atoms in total. The highest BCUT2D eigenvalue weighted by Gasteiger charge is 2.16. The number of benzene rings is 1. The second kappa shape index (κ2) is 3.79. The van der Waals surface area contributed by atoms with Crippen LogP contribution in [0.15, 0.2) is 47.4 Å². The number of fused-ring (bicyclic) bond motifs is 1. The zero-order chi connectivity index (χ0) is 11.8. The number of aromatic amines is 1. The fourth-order valence-corrected chi connectivity index (χ4v) is 2.14. The molecule has 2 heterocycles. The lowest BCUT2D eigenvalue weighted by molar-refractivity contribution is 0.103. The molecule has 0 spiro atoms. The van der Waals surface area contributed by atoms with Crippen molar-refractivity contribution < 1.29 is 9.21 Å². The van der Waals surface area contributed by atoms with Crippen molar-refractivity contribution in [3.8, 4) is 0 Å². The van der Waals surface area contributed by atoms with E-state index in [0.717, 1.165) is 10.9 Å². The Balaban J connectivity index is 2.22. The predicted molar refractivity (Wildman–Crippen MR) is 65.4 cm³/mol. The summed E-state index contributed by atoms with van der Waals surface area (Å²) in [5.41, 5.74) is 1.93. The van der Waals surface area contributed by atoms with Crippen LogP contribution in [0.2, 0.25) is 5.02 Å². The molecule has 3 rings (SSSR count). The Labute approximate surface area is 102 Å². The minimum Gasteiger partial charge on any atom is -0.472 e. The van der Waals surface area contributed by atoms with E-state index in [1.807, 2.05) is 12.1 Å². The molecule has 0 aliphatic heterocycles. The Morgan fingerprint density at radius 3 is 2.94 bits per heavy atom. The zero-order valence-electron chi connectivity index (χ0n) is 8.74. The number of hydrogen-bond acceptors (Lipinski definition) is 2. The monoisotopic (exact) mass is 245 g/mol. The van der Waals surface area contributed by atoms with Crippen LogP contribution in [0.4, 0.5) is 0 Å². The number of carbonyl (C=O) groups is 1. The first kappa shape index (κ1) is 10.2. The van der Waals surface area contributed by atoms with E-state index in [1.165, 1.54) is 12.5 Å². The van der Waals surface area contributed by atoms with E-state index in [2.05, 4.69) is 4.98 Å². The Kier molecular flexibility index (Phi) is 2.27. The van der Waals surface area contributed by atoms with Gasteiger partial charge in [-0.15, -0.1) is 0 Å². The molecule has 1 aromatic carbocycles. The molecule has 1 N–H and O–H groups in total. The zero-order valence-corrected chi connectivity index (χ0v) is 9.49. The molecular weight excluding hydrogens is 238 g/mol. The van der Waals surface area contributed by atoms with Crippen LogP contribution >= 0.6 is 11.6 Å². The van der Waals surface area contributed by atoms with Crippen LogP contribution in [0.5, 0.6) is 0 Å². The van der Waals surface area contributed by atoms with Gasteiger partial charge in [0, 0.05) is 22.7 Å². The van der Waals surface area contributed by atoms with E-state index < -0.39 is 0 Å². The van der Waals surface area contributed by atoms with Crippen LogP contribution in [0.1, 0.15) is 15.9 Å². The summed E-state index contributed by atoms with van der Waals surface area (Å²) < 4.78 is 4.91. The Bertz CT molecular complexity index is 683. The van der Waals surface area contributed by atoms with Crippen LogP contribution in [-0.4, -0.2) is 10.8 Å². The summed E-state index contributed by atoms with van der Waals surface area (Å²) in [7, 11) is 0. The number of rotatable bonds is 2. The first-order valence-corrected chi connectivity index (χ1v) is 5.47. The number of H-pyrrole nitrogens is 1. The molecule has 0 saturated heterocycles. The van der Waals surface area contributed by atoms with Gasteiger partial charge in [-0.25, -0.2) is 0 Å².